The molecule has 2 N–H and O–H groups in total. The van der Waals surface area contributed by atoms with Crippen LogP contribution in [-0.2, 0) is 0 Å². The lowest BCUT2D eigenvalue weighted by Gasteiger charge is -2.30. The fourth-order valence-electron chi connectivity index (χ4n) is 2.15. The van der Waals surface area contributed by atoms with Gasteiger partial charge in [-0.2, -0.15) is 0 Å². The van der Waals surface area contributed by atoms with Gasteiger partial charge in [-0.15, -0.1) is 0 Å². The van der Waals surface area contributed by atoms with Crippen LogP contribution < -0.4 is 5.73 Å². The number of amides is 1. The van der Waals surface area contributed by atoms with Crippen molar-refractivity contribution in [3.63, 3.8) is 0 Å². The van der Waals surface area contributed by atoms with E-state index in [1.165, 1.54) is 0 Å². The summed E-state index contributed by atoms with van der Waals surface area (Å²) in [5.74, 6) is 0.0555. The first kappa shape index (κ1) is 12.4. The van der Waals surface area contributed by atoms with Crippen LogP contribution in [-0.4, -0.2) is 29.9 Å². The van der Waals surface area contributed by atoms with Crippen molar-refractivity contribution in [1.82, 2.24) is 4.90 Å². The largest absolute Gasteiger partial charge is 0.337 e. The quantitative estimate of drug-likeness (QED) is 0.833. The van der Waals surface area contributed by atoms with Gasteiger partial charge in [0.1, 0.15) is 0 Å². The molecule has 1 atom stereocenters. The van der Waals surface area contributed by atoms with Crippen LogP contribution in [0.25, 0.3) is 0 Å². The van der Waals surface area contributed by atoms with Gasteiger partial charge < -0.3 is 10.6 Å². The third kappa shape index (κ3) is 2.79. The Morgan fingerprint density at radius 2 is 2.29 bits per heavy atom. The van der Waals surface area contributed by atoms with Gasteiger partial charge in [-0.25, -0.2) is 0 Å². The van der Waals surface area contributed by atoms with Crippen molar-refractivity contribution >= 4 is 17.5 Å². The highest BCUT2D eigenvalue weighted by molar-refractivity contribution is 6.31. The van der Waals surface area contributed by atoms with Gasteiger partial charge in [0.15, 0.2) is 0 Å². The molecule has 0 radical (unpaired) electrons. The number of likely N-dealkylation sites (tertiary alicyclic amines) is 1. The van der Waals surface area contributed by atoms with Crippen LogP contribution in [0.15, 0.2) is 18.2 Å². The van der Waals surface area contributed by atoms with Crippen LogP contribution in [0.4, 0.5) is 0 Å². The van der Waals surface area contributed by atoms with E-state index in [4.69, 9.17) is 17.3 Å². The van der Waals surface area contributed by atoms with E-state index in [-0.39, 0.29) is 11.9 Å². The molecule has 0 aliphatic carbocycles. The third-order valence-electron chi connectivity index (χ3n) is 3.15. The number of carbonyl (C=O) groups is 1. The molecule has 1 amide bonds. The molecule has 1 fully saturated rings. The molecule has 3 nitrogen and oxygen atoms in total. The normalized spacial score (nSPS) is 20.4. The van der Waals surface area contributed by atoms with Gasteiger partial charge in [-0.05, 0) is 43.5 Å². The lowest BCUT2D eigenvalue weighted by Crippen LogP contribution is -2.45. The predicted octanol–water partition coefficient (Wildman–Crippen LogP) is 2.21. The first-order valence-corrected chi connectivity index (χ1v) is 6.26. The minimum atomic E-state index is 0.0555. The summed E-state index contributed by atoms with van der Waals surface area (Å²) in [6, 6.07) is 5.50. The summed E-state index contributed by atoms with van der Waals surface area (Å²) in [5, 5.41) is 0.692. The summed E-state index contributed by atoms with van der Waals surface area (Å²) in [7, 11) is 0. The van der Waals surface area contributed by atoms with Gasteiger partial charge in [-0.3, -0.25) is 4.79 Å². The van der Waals surface area contributed by atoms with E-state index in [1.54, 1.807) is 12.1 Å². The van der Waals surface area contributed by atoms with Crippen molar-refractivity contribution < 1.29 is 4.79 Å². The maximum atomic E-state index is 12.2. The average molecular weight is 253 g/mol. The number of halogens is 1. The van der Waals surface area contributed by atoms with Crippen molar-refractivity contribution in [2.75, 3.05) is 13.1 Å². The SMILES string of the molecule is Cc1cc(C(=O)N2CCCC(N)C2)ccc1Cl. The predicted molar refractivity (Wildman–Crippen MR) is 69.3 cm³/mol. The Morgan fingerprint density at radius 1 is 1.53 bits per heavy atom. The van der Waals surface area contributed by atoms with E-state index >= 15 is 0 Å². The molecule has 2 rings (SSSR count). The molecule has 0 aromatic heterocycles. The molecule has 1 unspecified atom stereocenters. The van der Waals surface area contributed by atoms with Crippen LogP contribution in [0, 0.1) is 6.92 Å². The molecule has 0 saturated carbocycles. The van der Waals surface area contributed by atoms with E-state index in [0.29, 0.717) is 17.1 Å². The van der Waals surface area contributed by atoms with Gasteiger partial charge in [-0.1, -0.05) is 11.6 Å². The molecule has 1 aromatic carbocycles. The number of aryl methyl sites for hydroxylation is 1. The van der Waals surface area contributed by atoms with E-state index in [0.717, 1.165) is 24.9 Å². The Bertz CT molecular complexity index is 433. The second kappa shape index (κ2) is 5.07. The Hall–Kier alpha value is -1.06. The molecule has 1 saturated heterocycles. The van der Waals surface area contributed by atoms with E-state index in [9.17, 15) is 4.79 Å². The Labute approximate surface area is 107 Å². The van der Waals surface area contributed by atoms with Crippen LogP contribution in [0.2, 0.25) is 5.02 Å². The number of nitrogens with two attached hydrogens (primary N) is 1. The van der Waals surface area contributed by atoms with Crippen molar-refractivity contribution in [3.8, 4) is 0 Å². The summed E-state index contributed by atoms with van der Waals surface area (Å²) in [6.45, 7) is 3.36. The molecule has 17 heavy (non-hydrogen) atoms. The fraction of sp³-hybridized carbons (Fsp3) is 0.462. The minimum Gasteiger partial charge on any atom is -0.337 e. The zero-order valence-corrected chi connectivity index (χ0v) is 10.7. The Morgan fingerprint density at radius 3 is 2.94 bits per heavy atom. The van der Waals surface area contributed by atoms with Gasteiger partial charge in [0.25, 0.3) is 5.91 Å². The fourth-order valence-corrected chi connectivity index (χ4v) is 2.27. The zero-order chi connectivity index (χ0) is 12.4. The van der Waals surface area contributed by atoms with Gasteiger partial charge in [0, 0.05) is 29.7 Å². The number of nitrogens with zero attached hydrogens (tertiary/aromatic N) is 1. The van der Waals surface area contributed by atoms with Crippen LogP contribution in [0.3, 0.4) is 0 Å². The van der Waals surface area contributed by atoms with Gasteiger partial charge in [0.2, 0.25) is 0 Å². The molecule has 1 aliphatic heterocycles. The molecule has 4 heteroatoms. The topological polar surface area (TPSA) is 46.3 Å². The number of hydrogen-bond acceptors (Lipinski definition) is 2. The standard InChI is InChI=1S/C13H17ClN2O/c1-9-7-10(4-5-12(9)14)13(17)16-6-2-3-11(15)8-16/h4-5,7,11H,2-3,6,8,15H2,1H3. The number of rotatable bonds is 1. The van der Waals surface area contributed by atoms with Crippen LogP contribution in [0.1, 0.15) is 28.8 Å². The summed E-state index contributed by atoms with van der Waals surface area (Å²) < 4.78 is 0. The van der Waals surface area contributed by atoms with E-state index < -0.39 is 0 Å². The molecule has 1 aliphatic rings. The minimum absolute atomic E-state index is 0.0555. The highest BCUT2D eigenvalue weighted by Gasteiger charge is 2.22. The zero-order valence-electron chi connectivity index (χ0n) is 9.95. The number of carbonyl (C=O) groups excluding carboxylic acids is 1. The first-order valence-electron chi connectivity index (χ1n) is 5.89. The molecule has 92 valence electrons. The van der Waals surface area contributed by atoms with Crippen LogP contribution in [0.5, 0.6) is 0 Å². The average Bonchev–Trinajstić information content (AvgIpc) is 2.32. The number of piperidine rings is 1. The highest BCUT2D eigenvalue weighted by atomic mass is 35.5. The lowest BCUT2D eigenvalue weighted by atomic mass is 10.0. The summed E-state index contributed by atoms with van der Waals surface area (Å²) in [6.07, 6.45) is 1.99. The van der Waals surface area contributed by atoms with Gasteiger partial charge >= 0.3 is 0 Å². The number of benzene rings is 1. The van der Waals surface area contributed by atoms with Crippen molar-refractivity contribution in [2.45, 2.75) is 25.8 Å². The second-order valence-corrected chi connectivity index (χ2v) is 5.02. The Balaban J connectivity index is 2.15. The highest BCUT2D eigenvalue weighted by Crippen LogP contribution is 2.19. The maximum absolute atomic E-state index is 12.2. The maximum Gasteiger partial charge on any atom is 0.253 e. The van der Waals surface area contributed by atoms with E-state index in [2.05, 4.69) is 0 Å². The second-order valence-electron chi connectivity index (χ2n) is 4.62. The molecule has 1 aromatic rings. The Kier molecular flexibility index (Phi) is 3.69. The first-order chi connectivity index (χ1) is 8.08. The molecule has 0 bridgehead atoms. The molecular formula is C13H17ClN2O. The van der Waals surface area contributed by atoms with Crippen molar-refractivity contribution in [1.29, 1.82) is 0 Å². The molecular weight excluding hydrogens is 236 g/mol. The summed E-state index contributed by atoms with van der Waals surface area (Å²) in [4.78, 5) is 14.1. The monoisotopic (exact) mass is 252 g/mol. The summed E-state index contributed by atoms with van der Waals surface area (Å²) >= 11 is 5.95. The third-order valence-corrected chi connectivity index (χ3v) is 3.57. The smallest absolute Gasteiger partial charge is 0.253 e. The van der Waals surface area contributed by atoms with Crippen molar-refractivity contribution in [2.24, 2.45) is 5.73 Å². The lowest BCUT2D eigenvalue weighted by molar-refractivity contribution is 0.0708. The van der Waals surface area contributed by atoms with Gasteiger partial charge in [0.05, 0.1) is 0 Å². The molecule has 0 spiro atoms. The summed E-state index contributed by atoms with van der Waals surface area (Å²) in [5.41, 5.74) is 7.50. The van der Waals surface area contributed by atoms with E-state index in [1.807, 2.05) is 17.9 Å². The number of hydrogen-bond donors (Lipinski definition) is 1. The van der Waals surface area contributed by atoms with Crippen molar-refractivity contribution in [3.05, 3.63) is 34.3 Å². The molecule has 1 heterocycles. The van der Waals surface area contributed by atoms with Crippen LogP contribution >= 0.6 is 11.6 Å².